The maximum atomic E-state index is 13.9. The van der Waals surface area contributed by atoms with E-state index in [2.05, 4.69) is 16.7 Å². The maximum Gasteiger partial charge on any atom is 0.254 e. The molecule has 0 saturated carbocycles. The van der Waals surface area contributed by atoms with E-state index in [1.165, 1.54) is 23.8 Å². The van der Waals surface area contributed by atoms with Crippen molar-refractivity contribution < 1.29 is 14.0 Å². The van der Waals surface area contributed by atoms with Crippen molar-refractivity contribution in [3.05, 3.63) is 65.5 Å². The van der Waals surface area contributed by atoms with Crippen LogP contribution < -0.4 is 10.6 Å². The summed E-state index contributed by atoms with van der Waals surface area (Å²) in [6, 6.07) is 12.8. The van der Waals surface area contributed by atoms with Gasteiger partial charge in [-0.05, 0) is 35.7 Å². The number of anilines is 1. The van der Waals surface area contributed by atoms with Crippen molar-refractivity contribution in [3.63, 3.8) is 0 Å². The quantitative estimate of drug-likeness (QED) is 0.714. The van der Waals surface area contributed by atoms with Crippen LogP contribution in [0.25, 0.3) is 0 Å². The van der Waals surface area contributed by atoms with E-state index >= 15 is 0 Å². The molecule has 2 aromatic rings. The molecule has 0 spiro atoms. The minimum Gasteiger partial charge on any atom is -0.340 e. The summed E-state index contributed by atoms with van der Waals surface area (Å²) in [7, 11) is 0. The number of amides is 2. The van der Waals surface area contributed by atoms with Crippen LogP contribution in [0.2, 0.25) is 0 Å². The van der Waals surface area contributed by atoms with Gasteiger partial charge in [0.2, 0.25) is 5.91 Å². The summed E-state index contributed by atoms with van der Waals surface area (Å²) in [5.74, 6) is 0.581. The Morgan fingerprint density at radius 2 is 1.79 bits per heavy atom. The van der Waals surface area contributed by atoms with Crippen molar-refractivity contribution in [2.45, 2.75) is 24.5 Å². The van der Waals surface area contributed by atoms with Crippen LogP contribution in [-0.2, 0) is 4.79 Å². The average molecular weight is 419 g/mol. The molecule has 1 fully saturated rings. The Bertz CT molecular complexity index is 854. The lowest BCUT2D eigenvalue weighted by Crippen LogP contribution is -2.47. The molecule has 2 amide bonds. The molecule has 0 unspecified atom stereocenters. The molecule has 0 bridgehead atoms. The van der Waals surface area contributed by atoms with Crippen molar-refractivity contribution in [2.24, 2.45) is 5.92 Å². The van der Waals surface area contributed by atoms with Gasteiger partial charge in [-0.25, -0.2) is 4.39 Å². The molecule has 2 N–H and O–H groups in total. The summed E-state index contributed by atoms with van der Waals surface area (Å²) in [5, 5.41) is 5.56. The molecule has 28 heavy (non-hydrogen) atoms. The molecular formula is C21H23FN2O2S2. The largest absolute Gasteiger partial charge is 0.340 e. The third-order valence-electron chi connectivity index (χ3n) is 4.40. The lowest BCUT2D eigenvalue weighted by molar-refractivity contribution is -0.118. The number of thioether (sulfide) groups is 2. The fraction of sp³-hybridized carbons (Fsp3) is 0.333. The Labute approximate surface area is 173 Å². The van der Waals surface area contributed by atoms with E-state index in [1.54, 1.807) is 6.07 Å². The zero-order chi connectivity index (χ0) is 20.1. The van der Waals surface area contributed by atoms with Crippen LogP contribution >= 0.6 is 23.5 Å². The van der Waals surface area contributed by atoms with E-state index in [9.17, 15) is 14.0 Å². The third kappa shape index (κ3) is 5.08. The third-order valence-corrected chi connectivity index (χ3v) is 7.51. The first kappa shape index (κ1) is 20.7. The van der Waals surface area contributed by atoms with Crippen LogP contribution in [0.15, 0.2) is 48.5 Å². The predicted octanol–water partition coefficient (Wildman–Crippen LogP) is 4.70. The summed E-state index contributed by atoms with van der Waals surface area (Å²) < 4.78 is 14.3. The number of hydrogen-bond donors (Lipinski definition) is 2. The van der Waals surface area contributed by atoms with Gasteiger partial charge in [0.15, 0.2) is 0 Å². The smallest absolute Gasteiger partial charge is 0.254 e. The number of rotatable bonds is 6. The molecule has 1 aliphatic heterocycles. The van der Waals surface area contributed by atoms with Crippen LogP contribution in [-0.4, -0.2) is 29.4 Å². The number of carbonyl (C=O) groups excluding carboxylic acids is 2. The highest BCUT2D eigenvalue weighted by Crippen LogP contribution is 2.45. The first-order valence-corrected chi connectivity index (χ1v) is 11.2. The summed E-state index contributed by atoms with van der Waals surface area (Å²) in [6.07, 6.45) is 0. The second-order valence-electron chi connectivity index (χ2n) is 6.86. The van der Waals surface area contributed by atoms with Gasteiger partial charge in [0.1, 0.15) is 11.9 Å². The molecule has 3 rings (SSSR count). The molecule has 0 radical (unpaired) electrons. The summed E-state index contributed by atoms with van der Waals surface area (Å²) in [6.45, 7) is 3.68. The molecule has 0 aromatic heterocycles. The SMILES string of the molecule is CC(C)[C@H](NC(=O)c1ccccc1F)C(=O)Nc1cccc(C2SCCS2)c1. The minimum absolute atomic E-state index is 0.0711. The van der Waals surface area contributed by atoms with Gasteiger partial charge in [-0.2, -0.15) is 0 Å². The highest BCUT2D eigenvalue weighted by atomic mass is 32.2. The molecule has 7 heteroatoms. The first-order valence-electron chi connectivity index (χ1n) is 9.15. The fourth-order valence-electron chi connectivity index (χ4n) is 2.93. The van der Waals surface area contributed by atoms with Gasteiger partial charge < -0.3 is 10.6 Å². The van der Waals surface area contributed by atoms with Crippen LogP contribution in [0.4, 0.5) is 10.1 Å². The van der Waals surface area contributed by atoms with E-state index in [4.69, 9.17) is 0 Å². The molecular weight excluding hydrogens is 395 g/mol. The van der Waals surface area contributed by atoms with E-state index in [0.29, 0.717) is 10.3 Å². The lowest BCUT2D eigenvalue weighted by atomic mass is 10.0. The molecule has 1 aliphatic rings. The predicted molar refractivity (Wildman–Crippen MR) is 115 cm³/mol. The molecule has 0 aliphatic carbocycles. The molecule has 1 saturated heterocycles. The Balaban J connectivity index is 1.70. The Kier molecular flexibility index (Phi) is 7.02. The second kappa shape index (κ2) is 9.47. The van der Waals surface area contributed by atoms with E-state index in [1.807, 2.05) is 55.6 Å². The van der Waals surface area contributed by atoms with Crippen molar-refractivity contribution in [3.8, 4) is 0 Å². The van der Waals surface area contributed by atoms with Crippen molar-refractivity contribution in [1.82, 2.24) is 5.32 Å². The zero-order valence-electron chi connectivity index (χ0n) is 15.8. The van der Waals surface area contributed by atoms with Gasteiger partial charge in [-0.1, -0.05) is 38.1 Å². The van der Waals surface area contributed by atoms with Gasteiger partial charge in [-0.3, -0.25) is 9.59 Å². The highest BCUT2D eigenvalue weighted by molar-refractivity contribution is 8.19. The van der Waals surface area contributed by atoms with Gasteiger partial charge in [-0.15, -0.1) is 23.5 Å². The van der Waals surface area contributed by atoms with Crippen molar-refractivity contribution in [2.75, 3.05) is 16.8 Å². The average Bonchev–Trinajstić information content (AvgIpc) is 3.21. The normalized spacial score (nSPS) is 15.4. The standard InChI is InChI=1S/C21H23FN2O2S2/c1-13(2)18(24-19(25)16-8-3-4-9-17(16)22)20(26)23-15-7-5-6-14(12-15)21-27-10-11-28-21/h3-9,12-13,18,21H,10-11H2,1-2H3,(H,23,26)(H,24,25)/t18-/m0/s1. The monoisotopic (exact) mass is 418 g/mol. The zero-order valence-corrected chi connectivity index (χ0v) is 17.4. The first-order chi connectivity index (χ1) is 13.5. The van der Waals surface area contributed by atoms with Crippen molar-refractivity contribution in [1.29, 1.82) is 0 Å². The van der Waals surface area contributed by atoms with Crippen LogP contribution in [0, 0.1) is 11.7 Å². The Morgan fingerprint density at radius 1 is 1.07 bits per heavy atom. The second-order valence-corrected chi connectivity index (χ2v) is 9.59. The van der Waals surface area contributed by atoms with E-state index in [0.717, 1.165) is 11.5 Å². The summed E-state index contributed by atoms with van der Waals surface area (Å²) >= 11 is 3.80. The lowest BCUT2D eigenvalue weighted by Gasteiger charge is -2.22. The van der Waals surface area contributed by atoms with Gasteiger partial charge in [0.05, 0.1) is 10.1 Å². The number of carbonyl (C=O) groups is 2. The Morgan fingerprint density at radius 3 is 2.46 bits per heavy atom. The molecule has 1 heterocycles. The van der Waals surface area contributed by atoms with Crippen molar-refractivity contribution >= 4 is 41.0 Å². The van der Waals surface area contributed by atoms with Crippen LogP contribution in [0.5, 0.6) is 0 Å². The highest BCUT2D eigenvalue weighted by Gasteiger charge is 2.26. The molecule has 2 aromatic carbocycles. The van der Waals surface area contributed by atoms with Gasteiger partial charge in [0, 0.05) is 17.2 Å². The summed E-state index contributed by atoms with van der Waals surface area (Å²) in [4.78, 5) is 25.2. The van der Waals surface area contributed by atoms with E-state index < -0.39 is 17.8 Å². The maximum absolute atomic E-state index is 13.9. The van der Waals surface area contributed by atoms with Gasteiger partial charge >= 0.3 is 0 Å². The van der Waals surface area contributed by atoms with Gasteiger partial charge in [0.25, 0.3) is 5.91 Å². The van der Waals surface area contributed by atoms with Crippen LogP contribution in [0.3, 0.4) is 0 Å². The molecule has 4 nitrogen and oxygen atoms in total. The minimum atomic E-state index is -0.772. The fourth-order valence-corrected chi connectivity index (χ4v) is 5.77. The topological polar surface area (TPSA) is 58.2 Å². The number of nitrogens with one attached hydrogen (secondary N) is 2. The van der Waals surface area contributed by atoms with E-state index in [-0.39, 0.29) is 17.4 Å². The number of benzene rings is 2. The van der Waals surface area contributed by atoms with Crippen LogP contribution in [0.1, 0.15) is 34.4 Å². The summed E-state index contributed by atoms with van der Waals surface area (Å²) in [5.41, 5.74) is 1.79. The Hall–Kier alpha value is -1.99. The molecule has 1 atom stereocenters. The number of halogens is 1. The molecule has 148 valence electrons. The number of hydrogen-bond acceptors (Lipinski definition) is 4.